The number of rotatable bonds is 9. The third-order valence-electron chi connectivity index (χ3n) is 2.48. The normalized spacial score (nSPS) is 13.7. The minimum absolute atomic E-state index is 0.110. The summed E-state index contributed by atoms with van der Waals surface area (Å²) in [4.78, 5) is 10.8. The Labute approximate surface area is 98.4 Å². The third kappa shape index (κ3) is 4.90. The van der Waals surface area contributed by atoms with Gasteiger partial charge in [-0.05, 0) is 12.8 Å². The van der Waals surface area contributed by atoms with Crippen molar-refractivity contribution in [3.05, 3.63) is 12.7 Å². The highest BCUT2D eigenvalue weighted by molar-refractivity contribution is 7.89. The minimum atomic E-state index is -3.31. The van der Waals surface area contributed by atoms with E-state index in [4.69, 9.17) is 0 Å². The Kier molecular flexibility index (Phi) is 7.25. The van der Waals surface area contributed by atoms with E-state index in [1.54, 1.807) is 6.08 Å². The van der Waals surface area contributed by atoms with Crippen LogP contribution in [0.3, 0.4) is 0 Å². The quantitative estimate of drug-likeness (QED) is 0.353. The molecule has 0 rings (SSSR count). The van der Waals surface area contributed by atoms with Crippen molar-refractivity contribution in [1.29, 1.82) is 0 Å². The number of sulfonamides is 1. The van der Waals surface area contributed by atoms with Crippen LogP contribution in [0.2, 0.25) is 0 Å². The van der Waals surface area contributed by atoms with Gasteiger partial charge in [0.15, 0.2) is 0 Å². The Morgan fingerprint density at radius 3 is 2.44 bits per heavy atom. The summed E-state index contributed by atoms with van der Waals surface area (Å²) < 4.78 is 24.8. The Balaban J connectivity index is 4.47. The smallest absolute Gasteiger partial charge is 0.214 e. The number of hydrogen-bond donors (Lipinski definition) is 0. The van der Waals surface area contributed by atoms with Gasteiger partial charge in [0.2, 0.25) is 10.0 Å². The molecule has 0 bridgehead atoms. The van der Waals surface area contributed by atoms with Gasteiger partial charge >= 0.3 is 0 Å². The lowest BCUT2D eigenvalue weighted by atomic mass is 10.2. The van der Waals surface area contributed by atoms with Crippen molar-refractivity contribution in [2.24, 2.45) is 0 Å². The summed E-state index contributed by atoms with van der Waals surface area (Å²) in [6.07, 6.45) is 5.06. The zero-order valence-electron chi connectivity index (χ0n) is 10.1. The topological polar surface area (TPSA) is 54.5 Å². The van der Waals surface area contributed by atoms with Crippen molar-refractivity contribution in [2.75, 3.05) is 12.8 Å². The van der Waals surface area contributed by atoms with Gasteiger partial charge in [0.05, 0.1) is 11.8 Å². The Bertz CT molecular complexity index is 311. The van der Waals surface area contributed by atoms with Gasteiger partial charge in [-0.1, -0.05) is 25.8 Å². The monoisotopic (exact) mass is 247 g/mol. The van der Waals surface area contributed by atoms with Crippen molar-refractivity contribution in [3.63, 3.8) is 0 Å². The first-order chi connectivity index (χ1) is 7.49. The number of carbonyl (C=O) groups is 1. The van der Waals surface area contributed by atoms with Crippen LogP contribution in [-0.4, -0.2) is 37.9 Å². The summed E-state index contributed by atoms with van der Waals surface area (Å²) in [5.41, 5.74) is 0. The van der Waals surface area contributed by atoms with Gasteiger partial charge in [-0.3, -0.25) is 0 Å². The van der Waals surface area contributed by atoms with E-state index in [9.17, 15) is 13.2 Å². The van der Waals surface area contributed by atoms with E-state index in [2.05, 4.69) is 6.58 Å². The molecule has 0 aliphatic rings. The molecular formula is C11H21NO3S. The fourth-order valence-corrected chi connectivity index (χ4v) is 2.75. The van der Waals surface area contributed by atoms with Crippen LogP contribution in [0.15, 0.2) is 12.7 Å². The van der Waals surface area contributed by atoms with E-state index in [0.29, 0.717) is 19.1 Å². The molecule has 0 unspecified atom stereocenters. The third-order valence-corrected chi connectivity index (χ3v) is 4.43. The van der Waals surface area contributed by atoms with Gasteiger partial charge in [-0.2, -0.15) is 4.31 Å². The summed E-state index contributed by atoms with van der Waals surface area (Å²) in [5.74, 6) is 0.110. The number of carbonyl (C=O) groups excluding carboxylic acids is 1. The molecule has 0 radical (unpaired) electrons. The Morgan fingerprint density at radius 2 is 2.00 bits per heavy atom. The molecule has 0 heterocycles. The van der Waals surface area contributed by atoms with Gasteiger partial charge in [0.1, 0.15) is 6.29 Å². The number of unbranched alkanes of at least 4 members (excludes halogenated alkanes) is 2. The van der Waals surface area contributed by atoms with Crippen LogP contribution in [0.25, 0.3) is 0 Å². The maximum absolute atomic E-state index is 11.8. The van der Waals surface area contributed by atoms with E-state index in [0.717, 1.165) is 17.1 Å². The lowest BCUT2D eigenvalue weighted by molar-refractivity contribution is -0.110. The lowest BCUT2D eigenvalue weighted by Gasteiger charge is -2.22. The molecule has 1 atom stereocenters. The van der Waals surface area contributed by atoms with Gasteiger partial charge in [-0.25, -0.2) is 8.42 Å². The van der Waals surface area contributed by atoms with E-state index < -0.39 is 16.1 Å². The Hall–Kier alpha value is -0.680. The maximum Gasteiger partial charge on any atom is 0.214 e. The Morgan fingerprint density at radius 1 is 1.38 bits per heavy atom. The van der Waals surface area contributed by atoms with Crippen LogP contribution in [0.1, 0.15) is 32.6 Å². The molecule has 5 heteroatoms. The van der Waals surface area contributed by atoms with Gasteiger partial charge in [-0.15, -0.1) is 6.58 Å². The highest BCUT2D eigenvalue weighted by Gasteiger charge is 2.24. The molecule has 16 heavy (non-hydrogen) atoms. The second-order valence-corrected chi connectivity index (χ2v) is 5.92. The first kappa shape index (κ1) is 15.3. The van der Waals surface area contributed by atoms with Crippen LogP contribution in [-0.2, 0) is 14.8 Å². The van der Waals surface area contributed by atoms with Crippen molar-refractivity contribution in [3.8, 4) is 0 Å². The number of likely N-dealkylation sites (N-methyl/N-ethyl adjacent to an activating group) is 1. The van der Waals surface area contributed by atoms with Crippen molar-refractivity contribution < 1.29 is 13.2 Å². The molecule has 0 N–H and O–H groups in total. The summed E-state index contributed by atoms with van der Waals surface area (Å²) >= 11 is 0. The molecule has 0 aliphatic heterocycles. The first-order valence-electron chi connectivity index (χ1n) is 5.51. The fraction of sp³-hybridized carbons (Fsp3) is 0.727. The lowest BCUT2D eigenvalue weighted by Crippen LogP contribution is -2.39. The number of hydrogen-bond acceptors (Lipinski definition) is 3. The standard InChI is InChI=1S/C11H21NO3S/c1-4-6-7-9-16(14,15)12(3)11(10-13)8-5-2/h5,10-11H,2,4,6-9H2,1,3H3/t11-/m0/s1. The second-order valence-electron chi connectivity index (χ2n) is 3.77. The van der Waals surface area contributed by atoms with Crippen LogP contribution in [0.4, 0.5) is 0 Å². The first-order valence-corrected chi connectivity index (χ1v) is 7.12. The molecule has 4 nitrogen and oxygen atoms in total. The molecule has 0 aromatic carbocycles. The molecule has 0 aliphatic carbocycles. The summed E-state index contributed by atoms with van der Waals surface area (Å²) in [6, 6.07) is -0.621. The van der Waals surface area contributed by atoms with Crippen LogP contribution < -0.4 is 0 Å². The van der Waals surface area contributed by atoms with Gasteiger partial charge in [0, 0.05) is 7.05 Å². The average Bonchev–Trinajstić information content (AvgIpc) is 2.25. The molecule has 0 aromatic rings. The molecule has 0 amide bonds. The van der Waals surface area contributed by atoms with E-state index >= 15 is 0 Å². The predicted octanol–water partition coefficient (Wildman–Crippen LogP) is 1.58. The average molecular weight is 247 g/mol. The van der Waals surface area contributed by atoms with E-state index in [1.165, 1.54) is 7.05 Å². The largest absolute Gasteiger partial charge is 0.302 e. The molecule has 0 saturated heterocycles. The summed E-state index contributed by atoms with van der Waals surface area (Å²) in [7, 11) is -1.86. The fourth-order valence-electron chi connectivity index (χ4n) is 1.35. The molecule has 94 valence electrons. The molecular weight excluding hydrogens is 226 g/mol. The van der Waals surface area contributed by atoms with Gasteiger partial charge in [0.25, 0.3) is 0 Å². The summed E-state index contributed by atoms with van der Waals surface area (Å²) in [5, 5.41) is 0. The molecule has 0 aromatic heterocycles. The zero-order valence-corrected chi connectivity index (χ0v) is 10.9. The van der Waals surface area contributed by atoms with Crippen molar-refractivity contribution >= 4 is 16.3 Å². The van der Waals surface area contributed by atoms with Crippen LogP contribution in [0.5, 0.6) is 0 Å². The zero-order chi connectivity index (χ0) is 12.6. The maximum atomic E-state index is 11.8. The van der Waals surface area contributed by atoms with Crippen molar-refractivity contribution in [1.82, 2.24) is 4.31 Å². The van der Waals surface area contributed by atoms with Gasteiger partial charge < -0.3 is 4.79 Å². The second kappa shape index (κ2) is 7.57. The van der Waals surface area contributed by atoms with Crippen LogP contribution in [0, 0.1) is 0 Å². The molecule has 0 spiro atoms. The molecule has 0 fully saturated rings. The number of nitrogens with zero attached hydrogens (tertiary/aromatic N) is 1. The number of aldehydes is 1. The highest BCUT2D eigenvalue weighted by Crippen LogP contribution is 2.09. The highest BCUT2D eigenvalue weighted by atomic mass is 32.2. The van der Waals surface area contributed by atoms with Crippen LogP contribution >= 0.6 is 0 Å². The SMILES string of the molecule is C=CC[C@@H](C=O)N(C)S(=O)(=O)CCCCC. The minimum Gasteiger partial charge on any atom is -0.302 e. The van der Waals surface area contributed by atoms with Crippen molar-refractivity contribution in [2.45, 2.75) is 38.6 Å². The summed E-state index contributed by atoms with van der Waals surface area (Å²) in [6.45, 7) is 5.52. The molecule has 0 saturated carbocycles. The predicted molar refractivity (Wildman–Crippen MR) is 65.7 cm³/mol. The van der Waals surface area contributed by atoms with E-state index in [-0.39, 0.29) is 5.75 Å². The van der Waals surface area contributed by atoms with E-state index in [1.807, 2.05) is 6.92 Å².